The molecule has 8 heteroatoms. The van der Waals surface area contributed by atoms with Gasteiger partial charge in [0.1, 0.15) is 12.4 Å². The molecule has 4 heterocycles. The zero-order valence-corrected chi connectivity index (χ0v) is 21.3. The van der Waals surface area contributed by atoms with Gasteiger partial charge in [-0.05, 0) is 63.9 Å². The number of fused-ring (bicyclic) bond motifs is 1. The minimum atomic E-state index is 0.158. The lowest BCUT2D eigenvalue weighted by atomic mass is 10.0. The third-order valence-electron chi connectivity index (χ3n) is 7.91. The van der Waals surface area contributed by atoms with Crippen LogP contribution in [0.25, 0.3) is 0 Å². The van der Waals surface area contributed by atoms with E-state index in [9.17, 15) is 5.26 Å². The molecule has 2 aromatic rings. The van der Waals surface area contributed by atoms with Gasteiger partial charge in [-0.1, -0.05) is 12.1 Å². The Morgan fingerprint density at radius 1 is 1.17 bits per heavy atom. The Morgan fingerprint density at radius 2 is 2.06 bits per heavy atom. The topological polar surface area (TPSA) is 80.6 Å². The van der Waals surface area contributed by atoms with E-state index in [1.807, 2.05) is 0 Å². The van der Waals surface area contributed by atoms with Crippen molar-refractivity contribution in [3.63, 3.8) is 0 Å². The zero-order valence-electron chi connectivity index (χ0n) is 21.3. The minimum Gasteiger partial charge on any atom is -0.462 e. The van der Waals surface area contributed by atoms with Gasteiger partial charge in [-0.15, -0.1) is 0 Å². The summed E-state index contributed by atoms with van der Waals surface area (Å²) in [6, 6.07) is 9.90. The molecule has 0 aliphatic carbocycles. The van der Waals surface area contributed by atoms with Crippen molar-refractivity contribution in [1.82, 2.24) is 20.2 Å². The fourth-order valence-electron chi connectivity index (χ4n) is 5.62. The van der Waals surface area contributed by atoms with Crippen molar-refractivity contribution in [2.75, 3.05) is 56.2 Å². The van der Waals surface area contributed by atoms with Gasteiger partial charge in [0, 0.05) is 49.5 Å². The molecule has 0 spiro atoms. The summed E-state index contributed by atoms with van der Waals surface area (Å²) in [6.45, 7) is 10.3. The Morgan fingerprint density at radius 3 is 2.86 bits per heavy atom. The predicted octanol–water partition coefficient (Wildman–Crippen LogP) is 2.82. The fraction of sp³-hybridized carbons (Fsp3) is 0.593. The number of anilines is 2. The number of aryl methyl sites for hydroxylation is 1. The number of aromatic nitrogens is 2. The van der Waals surface area contributed by atoms with E-state index in [4.69, 9.17) is 14.7 Å². The number of nitrogens with zero attached hydrogens (tertiary/aromatic N) is 6. The van der Waals surface area contributed by atoms with Gasteiger partial charge in [-0.2, -0.15) is 15.2 Å². The Labute approximate surface area is 208 Å². The Balaban J connectivity index is 1.44. The van der Waals surface area contributed by atoms with Crippen LogP contribution in [0.1, 0.15) is 41.6 Å². The summed E-state index contributed by atoms with van der Waals surface area (Å²) in [5.74, 6) is 0.995. The molecule has 186 valence electrons. The van der Waals surface area contributed by atoms with Crippen LogP contribution in [-0.2, 0) is 13.0 Å². The second kappa shape index (κ2) is 10.4. The van der Waals surface area contributed by atoms with Gasteiger partial charge in [0.05, 0.1) is 24.7 Å². The second-order valence-electron chi connectivity index (χ2n) is 10.2. The van der Waals surface area contributed by atoms with Gasteiger partial charge >= 0.3 is 6.01 Å². The van der Waals surface area contributed by atoms with E-state index in [1.54, 1.807) is 0 Å². The maximum Gasteiger partial charge on any atom is 0.318 e. The summed E-state index contributed by atoms with van der Waals surface area (Å²) in [4.78, 5) is 17.1. The van der Waals surface area contributed by atoms with Crippen molar-refractivity contribution < 1.29 is 4.74 Å². The normalized spacial score (nSPS) is 22.7. The highest BCUT2D eigenvalue weighted by Gasteiger charge is 2.29. The van der Waals surface area contributed by atoms with Gasteiger partial charge < -0.3 is 24.8 Å². The van der Waals surface area contributed by atoms with E-state index in [-0.39, 0.29) is 6.04 Å². The van der Waals surface area contributed by atoms with Crippen LogP contribution >= 0.6 is 0 Å². The standard InChI is InChI=1S/C27H37N7O/c1-19-6-4-8-25(20(19)2)33-14-10-23-24(17-33)30-27(35-18-22-7-5-13-32(22)3)31-26(23)34-15-12-29-21(16-34)9-11-28/h4,6,8,21-22,29H,5,7,9-10,12-18H2,1-3H3/t21-,22-/m0/s1. The van der Waals surface area contributed by atoms with Crippen molar-refractivity contribution in [2.24, 2.45) is 0 Å². The number of ether oxygens (including phenoxy) is 1. The maximum absolute atomic E-state index is 9.22. The molecule has 1 aromatic carbocycles. The molecule has 0 unspecified atom stereocenters. The first-order valence-electron chi connectivity index (χ1n) is 12.9. The number of nitrogens with one attached hydrogen (secondary N) is 1. The quantitative estimate of drug-likeness (QED) is 0.683. The Hall–Kier alpha value is -2.89. The van der Waals surface area contributed by atoms with Crippen molar-refractivity contribution in [3.05, 3.63) is 40.6 Å². The van der Waals surface area contributed by atoms with Crippen LogP contribution in [0.2, 0.25) is 0 Å². The lowest BCUT2D eigenvalue weighted by molar-refractivity contribution is 0.187. The molecule has 0 radical (unpaired) electrons. The summed E-state index contributed by atoms with van der Waals surface area (Å²) >= 11 is 0. The summed E-state index contributed by atoms with van der Waals surface area (Å²) < 4.78 is 6.24. The molecule has 1 N–H and O–H groups in total. The third kappa shape index (κ3) is 5.07. The largest absolute Gasteiger partial charge is 0.462 e. The van der Waals surface area contributed by atoms with Crippen LogP contribution in [0.3, 0.4) is 0 Å². The van der Waals surface area contributed by atoms with E-state index in [2.05, 4.69) is 65.2 Å². The first-order chi connectivity index (χ1) is 17.0. The van der Waals surface area contributed by atoms with Gasteiger partial charge in [-0.25, -0.2) is 0 Å². The molecule has 2 atom stereocenters. The number of hydrogen-bond donors (Lipinski definition) is 1. The molecular weight excluding hydrogens is 438 g/mol. The summed E-state index contributed by atoms with van der Waals surface area (Å²) in [5, 5.41) is 12.7. The van der Waals surface area contributed by atoms with Crippen LogP contribution in [-0.4, -0.2) is 73.3 Å². The maximum atomic E-state index is 9.22. The fourth-order valence-corrected chi connectivity index (χ4v) is 5.62. The second-order valence-corrected chi connectivity index (χ2v) is 10.2. The highest BCUT2D eigenvalue weighted by molar-refractivity contribution is 5.59. The first kappa shape index (κ1) is 23.8. The minimum absolute atomic E-state index is 0.158. The molecule has 2 fully saturated rings. The van der Waals surface area contributed by atoms with E-state index >= 15 is 0 Å². The molecule has 2 saturated heterocycles. The van der Waals surface area contributed by atoms with Gasteiger partial charge in [0.15, 0.2) is 0 Å². The monoisotopic (exact) mass is 475 g/mol. The average Bonchev–Trinajstić information content (AvgIpc) is 3.28. The number of nitriles is 1. The molecule has 8 nitrogen and oxygen atoms in total. The number of likely N-dealkylation sites (tertiary alicyclic amines) is 1. The lowest BCUT2D eigenvalue weighted by Gasteiger charge is -2.37. The van der Waals surface area contributed by atoms with Crippen LogP contribution in [0.15, 0.2) is 18.2 Å². The SMILES string of the molecule is Cc1cccc(N2CCc3c(nc(OC[C@@H]4CCCN4C)nc3N3CCN[C@@H](CC#N)C3)C2)c1C. The van der Waals surface area contributed by atoms with Crippen LogP contribution < -0.4 is 19.9 Å². The number of hydrogen-bond acceptors (Lipinski definition) is 8. The van der Waals surface area contributed by atoms with Crippen LogP contribution in [0.4, 0.5) is 11.5 Å². The summed E-state index contributed by atoms with van der Waals surface area (Å²) in [6.07, 6.45) is 3.77. The van der Waals surface area contributed by atoms with Crippen LogP contribution in [0.5, 0.6) is 6.01 Å². The van der Waals surface area contributed by atoms with E-state index in [1.165, 1.54) is 28.8 Å². The van der Waals surface area contributed by atoms with Gasteiger partial charge in [0.2, 0.25) is 0 Å². The zero-order chi connectivity index (χ0) is 24.4. The number of likely N-dealkylation sites (N-methyl/N-ethyl adjacent to an activating group) is 1. The number of rotatable bonds is 6. The Kier molecular flexibility index (Phi) is 7.07. The van der Waals surface area contributed by atoms with Crippen LogP contribution in [0, 0.1) is 25.2 Å². The highest BCUT2D eigenvalue weighted by Crippen LogP contribution is 2.33. The number of piperazine rings is 1. The predicted molar refractivity (Wildman–Crippen MR) is 138 cm³/mol. The van der Waals surface area contributed by atoms with Gasteiger partial charge in [0.25, 0.3) is 0 Å². The molecule has 3 aliphatic heterocycles. The van der Waals surface area contributed by atoms with Crippen molar-refractivity contribution in [3.8, 4) is 12.1 Å². The van der Waals surface area contributed by atoms with Crippen molar-refractivity contribution in [1.29, 1.82) is 5.26 Å². The molecule has 0 saturated carbocycles. The third-order valence-corrected chi connectivity index (χ3v) is 7.91. The van der Waals surface area contributed by atoms with E-state index in [0.29, 0.717) is 25.1 Å². The molecule has 35 heavy (non-hydrogen) atoms. The Bertz CT molecular complexity index is 1100. The summed E-state index contributed by atoms with van der Waals surface area (Å²) in [5.41, 5.74) is 6.21. The first-order valence-corrected chi connectivity index (χ1v) is 12.9. The van der Waals surface area contributed by atoms with Crippen molar-refractivity contribution in [2.45, 2.75) is 58.2 Å². The van der Waals surface area contributed by atoms with Crippen molar-refractivity contribution >= 4 is 11.5 Å². The molecule has 3 aliphatic rings. The van der Waals surface area contributed by atoms with E-state index < -0.39 is 0 Å². The smallest absolute Gasteiger partial charge is 0.318 e. The lowest BCUT2D eigenvalue weighted by Crippen LogP contribution is -2.51. The molecule has 5 rings (SSSR count). The molecule has 0 bridgehead atoms. The highest BCUT2D eigenvalue weighted by atomic mass is 16.5. The van der Waals surface area contributed by atoms with E-state index in [0.717, 1.165) is 63.6 Å². The average molecular weight is 476 g/mol. The summed E-state index contributed by atoms with van der Waals surface area (Å²) in [7, 11) is 2.16. The number of benzene rings is 1. The molecule has 1 aromatic heterocycles. The van der Waals surface area contributed by atoms with Gasteiger partial charge in [-0.3, -0.25) is 0 Å². The molecule has 0 amide bonds. The molecular formula is C27H37N7O.